The molecule has 136 valence electrons. The average Bonchev–Trinajstić information content (AvgIpc) is 3.02. The lowest BCUT2D eigenvalue weighted by Crippen LogP contribution is -2.41. The Labute approximate surface area is 151 Å². The molecule has 1 aromatic rings. The van der Waals surface area contributed by atoms with Crippen molar-refractivity contribution in [2.75, 3.05) is 18.4 Å². The average molecular weight is 387 g/mol. The summed E-state index contributed by atoms with van der Waals surface area (Å²) in [6.45, 7) is 0.912. The van der Waals surface area contributed by atoms with Crippen molar-refractivity contribution in [2.24, 2.45) is 11.8 Å². The second-order valence-electron chi connectivity index (χ2n) is 6.37. The Hall–Kier alpha value is -1.64. The fourth-order valence-corrected chi connectivity index (χ4v) is 5.21. The summed E-state index contributed by atoms with van der Waals surface area (Å²) in [5.74, 6) is -2.67. The summed E-state index contributed by atoms with van der Waals surface area (Å²) >= 11 is 6.07. The molecule has 0 spiro atoms. The zero-order valence-electron chi connectivity index (χ0n) is 13.4. The van der Waals surface area contributed by atoms with Crippen LogP contribution in [0.25, 0.3) is 0 Å². The van der Waals surface area contributed by atoms with E-state index in [-0.39, 0.29) is 9.92 Å². The maximum Gasteiger partial charge on any atom is 0.307 e. The van der Waals surface area contributed by atoms with Gasteiger partial charge in [0.2, 0.25) is 15.9 Å². The minimum absolute atomic E-state index is 0.0442. The Kier molecular flexibility index (Phi) is 5.04. The van der Waals surface area contributed by atoms with Crippen molar-refractivity contribution in [3.8, 4) is 0 Å². The van der Waals surface area contributed by atoms with Crippen molar-refractivity contribution in [3.63, 3.8) is 0 Å². The predicted molar refractivity (Wildman–Crippen MR) is 91.9 cm³/mol. The normalized spacial score (nSPS) is 23.9. The smallest absolute Gasteiger partial charge is 0.307 e. The molecule has 1 amide bonds. The van der Waals surface area contributed by atoms with Crippen LogP contribution in [-0.2, 0) is 19.6 Å². The van der Waals surface area contributed by atoms with Crippen molar-refractivity contribution in [1.82, 2.24) is 4.31 Å². The number of aliphatic carboxylic acids is 1. The van der Waals surface area contributed by atoms with Crippen molar-refractivity contribution >= 4 is 39.2 Å². The van der Waals surface area contributed by atoms with Crippen LogP contribution in [0.5, 0.6) is 0 Å². The first-order chi connectivity index (χ1) is 11.8. The molecular weight excluding hydrogens is 368 g/mol. The van der Waals surface area contributed by atoms with Crippen molar-refractivity contribution in [1.29, 1.82) is 0 Å². The molecular formula is C16H19ClN2O5S. The van der Waals surface area contributed by atoms with Gasteiger partial charge in [-0.1, -0.05) is 11.6 Å². The Bertz CT molecular complexity index is 805. The molecule has 1 saturated heterocycles. The Morgan fingerprint density at radius 1 is 1.16 bits per heavy atom. The number of amides is 1. The third-order valence-corrected chi connectivity index (χ3v) is 7.19. The van der Waals surface area contributed by atoms with Crippen LogP contribution in [-0.4, -0.2) is 42.8 Å². The highest BCUT2D eigenvalue weighted by molar-refractivity contribution is 7.89. The number of hydrogen-bond donors (Lipinski definition) is 2. The minimum atomic E-state index is -3.71. The van der Waals surface area contributed by atoms with Gasteiger partial charge in [-0.2, -0.15) is 4.31 Å². The lowest BCUT2D eigenvalue weighted by Gasteiger charge is -2.31. The number of nitrogens with zero attached hydrogens (tertiary/aromatic N) is 1. The Morgan fingerprint density at radius 3 is 2.36 bits per heavy atom. The van der Waals surface area contributed by atoms with Crippen molar-refractivity contribution in [2.45, 2.75) is 30.6 Å². The third kappa shape index (κ3) is 3.51. The number of anilines is 1. The number of hydrogen-bond acceptors (Lipinski definition) is 4. The molecule has 2 fully saturated rings. The summed E-state index contributed by atoms with van der Waals surface area (Å²) in [5, 5.41) is 11.8. The van der Waals surface area contributed by atoms with E-state index < -0.39 is 33.7 Å². The molecule has 1 aromatic carbocycles. The number of sulfonamides is 1. The number of carbonyl (C=O) groups excluding carboxylic acids is 1. The van der Waals surface area contributed by atoms with Gasteiger partial charge in [-0.15, -0.1) is 0 Å². The zero-order chi connectivity index (χ0) is 18.2. The number of carboxylic acids is 1. The van der Waals surface area contributed by atoms with E-state index in [1.165, 1.54) is 22.5 Å². The van der Waals surface area contributed by atoms with Crippen LogP contribution in [0.15, 0.2) is 23.1 Å². The highest BCUT2D eigenvalue weighted by Crippen LogP contribution is 2.36. The highest BCUT2D eigenvalue weighted by atomic mass is 35.5. The summed E-state index contributed by atoms with van der Waals surface area (Å²) in [5.41, 5.74) is 0.295. The van der Waals surface area contributed by atoms with Crippen LogP contribution in [0.1, 0.15) is 25.7 Å². The number of halogens is 1. The molecule has 9 heteroatoms. The van der Waals surface area contributed by atoms with Crippen LogP contribution < -0.4 is 5.32 Å². The molecule has 2 aliphatic rings. The van der Waals surface area contributed by atoms with Crippen LogP contribution in [0.4, 0.5) is 5.69 Å². The molecule has 1 saturated carbocycles. The summed E-state index contributed by atoms with van der Waals surface area (Å²) in [4.78, 5) is 23.2. The van der Waals surface area contributed by atoms with E-state index in [1.54, 1.807) is 0 Å². The molecule has 0 bridgehead atoms. The van der Waals surface area contributed by atoms with E-state index in [0.29, 0.717) is 31.6 Å². The number of rotatable bonds is 5. The summed E-state index contributed by atoms with van der Waals surface area (Å²) in [6, 6.07) is 4.27. The molecule has 7 nitrogen and oxygen atoms in total. The Balaban J connectivity index is 1.80. The molecule has 0 radical (unpaired) electrons. The van der Waals surface area contributed by atoms with Crippen molar-refractivity contribution < 1.29 is 23.1 Å². The maximum atomic E-state index is 12.7. The number of benzene rings is 1. The number of carbonyl (C=O) groups is 2. The first kappa shape index (κ1) is 18.2. The molecule has 1 aliphatic carbocycles. The van der Waals surface area contributed by atoms with Gasteiger partial charge in [-0.05, 0) is 43.9 Å². The molecule has 3 rings (SSSR count). The quantitative estimate of drug-likeness (QED) is 0.807. The molecule has 2 unspecified atom stereocenters. The second-order valence-corrected chi connectivity index (χ2v) is 8.69. The van der Waals surface area contributed by atoms with Gasteiger partial charge in [0, 0.05) is 18.8 Å². The second kappa shape index (κ2) is 6.93. The molecule has 1 aliphatic heterocycles. The van der Waals surface area contributed by atoms with E-state index in [1.807, 2.05) is 0 Å². The predicted octanol–water partition coefficient (Wildman–Crippen LogP) is 2.17. The van der Waals surface area contributed by atoms with E-state index in [9.17, 15) is 18.0 Å². The molecule has 0 aromatic heterocycles. The first-order valence-electron chi connectivity index (χ1n) is 8.14. The van der Waals surface area contributed by atoms with Gasteiger partial charge >= 0.3 is 5.97 Å². The van der Waals surface area contributed by atoms with E-state index in [4.69, 9.17) is 16.7 Å². The van der Waals surface area contributed by atoms with Crippen LogP contribution in [0.3, 0.4) is 0 Å². The van der Waals surface area contributed by atoms with Crippen LogP contribution >= 0.6 is 11.6 Å². The fourth-order valence-electron chi connectivity index (χ4n) is 3.19. The summed E-state index contributed by atoms with van der Waals surface area (Å²) in [6.07, 6.45) is 2.61. The lowest BCUT2D eigenvalue weighted by molar-refractivity contribution is -0.151. The topological polar surface area (TPSA) is 104 Å². The van der Waals surface area contributed by atoms with Gasteiger partial charge in [0.1, 0.15) is 4.90 Å². The molecule has 25 heavy (non-hydrogen) atoms. The molecule has 2 N–H and O–H groups in total. The van der Waals surface area contributed by atoms with Gasteiger partial charge < -0.3 is 10.4 Å². The van der Waals surface area contributed by atoms with Gasteiger partial charge in [-0.25, -0.2) is 8.42 Å². The minimum Gasteiger partial charge on any atom is -0.481 e. The van der Waals surface area contributed by atoms with Crippen LogP contribution in [0.2, 0.25) is 5.02 Å². The first-order valence-corrected chi connectivity index (χ1v) is 9.96. The standard InChI is InChI=1S/C16H19ClN2O5S/c17-13-6-3-10(18-15(20)11-4-5-12(11)16(21)22)9-14(13)25(23,24)19-7-1-2-8-19/h3,6,9,11-12H,1-2,4-5,7-8H2,(H,18,20)(H,21,22). The lowest BCUT2D eigenvalue weighted by atomic mass is 9.73. The number of carboxylic acid groups (broad SMARTS) is 1. The summed E-state index contributed by atoms with van der Waals surface area (Å²) < 4.78 is 26.8. The van der Waals surface area contributed by atoms with E-state index in [2.05, 4.69) is 5.32 Å². The molecule has 2 atom stereocenters. The van der Waals surface area contributed by atoms with Gasteiger partial charge in [0.25, 0.3) is 0 Å². The van der Waals surface area contributed by atoms with E-state index >= 15 is 0 Å². The SMILES string of the molecule is O=C(O)C1CCC1C(=O)Nc1ccc(Cl)c(S(=O)(=O)N2CCCC2)c1. The van der Waals surface area contributed by atoms with E-state index in [0.717, 1.165) is 12.8 Å². The summed E-state index contributed by atoms with van der Waals surface area (Å²) in [7, 11) is -3.71. The maximum absolute atomic E-state index is 12.7. The largest absolute Gasteiger partial charge is 0.481 e. The number of nitrogens with one attached hydrogen (secondary N) is 1. The zero-order valence-corrected chi connectivity index (χ0v) is 15.0. The van der Waals surface area contributed by atoms with Gasteiger partial charge in [0.15, 0.2) is 0 Å². The molecule has 1 heterocycles. The van der Waals surface area contributed by atoms with Gasteiger partial charge in [0.05, 0.1) is 16.9 Å². The Morgan fingerprint density at radius 2 is 1.80 bits per heavy atom. The third-order valence-electron chi connectivity index (χ3n) is 4.81. The van der Waals surface area contributed by atoms with Gasteiger partial charge in [-0.3, -0.25) is 9.59 Å². The van der Waals surface area contributed by atoms with Crippen molar-refractivity contribution in [3.05, 3.63) is 23.2 Å². The van der Waals surface area contributed by atoms with Crippen LogP contribution in [0, 0.1) is 11.8 Å². The highest BCUT2D eigenvalue weighted by Gasteiger charge is 2.41. The monoisotopic (exact) mass is 386 g/mol. The fraction of sp³-hybridized carbons (Fsp3) is 0.500.